The van der Waals surface area contributed by atoms with Crippen molar-refractivity contribution in [2.24, 2.45) is 57.9 Å². The fourth-order valence-corrected chi connectivity index (χ4v) is 19.3. The van der Waals surface area contributed by atoms with Gasteiger partial charge in [0.2, 0.25) is 118 Å². The number of hydrogen-bond donors (Lipinski definition) is 26. The van der Waals surface area contributed by atoms with Crippen LogP contribution in [0.4, 0.5) is 0 Å². The van der Waals surface area contributed by atoms with Gasteiger partial charge in [-0.05, 0) is 151 Å². The number of amides is 20. The van der Waals surface area contributed by atoms with Crippen LogP contribution in [-0.2, 0) is 114 Å². The van der Waals surface area contributed by atoms with Gasteiger partial charge in [-0.15, -0.1) is 0 Å². The Hall–Kier alpha value is -15.1. The molecule has 20 amide bonds. The summed E-state index contributed by atoms with van der Waals surface area (Å²) in [6, 6.07) is -17.1. The summed E-state index contributed by atoms with van der Waals surface area (Å²) in [6.07, 6.45) is 2.02. The molecule has 1 aromatic carbocycles. The van der Waals surface area contributed by atoms with Gasteiger partial charge >= 0.3 is 5.97 Å². The van der Waals surface area contributed by atoms with E-state index >= 15 is 38.4 Å². The number of carbonyl (C=O) groups excluding carboxylic acids is 20. The van der Waals surface area contributed by atoms with Crippen LogP contribution in [0.2, 0.25) is 0 Å². The number of nitrogens with two attached hydrogens (primary N) is 7. The van der Waals surface area contributed by atoms with Gasteiger partial charge < -0.3 is 159 Å². The third kappa shape index (κ3) is 35.0. The zero-order valence-corrected chi connectivity index (χ0v) is 85.0. The van der Waals surface area contributed by atoms with Crippen LogP contribution in [0.5, 0.6) is 5.75 Å². The number of carboxylic acids is 1. The Balaban J connectivity index is 0.957. The van der Waals surface area contributed by atoms with Crippen LogP contribution in [0.1, 0.15) is 194 Å². The van der Waals surface area contributed by atoms with Crippen molar-refractivity contribution in [1.82, 2.24) is 113 Å². The molecule has 149 heavy (non-hydrogen) atoms. The number of aromatic amines is 1. The van der Waals surface area contributed by atoms with Crippen LogP contribution >= 0.6 is 0 Å². The Morgan fingerprint density at radius 1 is 0.443 bits per heavy atom. The highest BCUT2D eigenvalue weighted by molar-refractivity contribution is 6.03. The lowest BCUT2D eigenvalue weighted by Gasteiger charge is -2.35. The minimum atomic E-state index is -1.83. The number of rotatable bonds is 56. The van der Waals surface area contributed by atoms with Gasteiger partial charge in [0.05, 0.1) is 32.3 Å². The Bertz CT molecular complexity index is 5150. The molecule has 822 valence electrons. The third-order valence-electron chi connectivity index (χ3n) is 27.1. The summed E-state index contributed by atoms with van der Waals surface area (Å²) in [5.41, 5.74) is 39.4. The maximum Gasteiger partial charge on any atom is 0.326 e. The van der Waals surface area contributed by atoms with E-state index in [4.69, 9.17) is 56.4 Å². The standard InChI is InChI=1S/C94H148N32O23/c1-7-51(6)75(119-78(135)58(41-52-24-26-54(127)27-25-52)116-83(140)74(50(4)5)118-82(139)66-21-11-34-122(66)84(141)55(16-8-30-106-92(99)100)112-77(134)60(44-71(98)130)115-76(133)59(43-70(97)129)110-72(131)45-95)90(147)124-36-13-20-65(124)80(137)114-57(28-29-69(96)128)86(143)121-33-10-18-63(121)79(136)113-56(17-9-31-107-93(101)102)85(142)126-38-15-23-68(126)89(146)123-35-12-19-64(123)81(138)117-61(42-53-46-105-48-109-53)87(144)125-37-14-22-67(125)88(145)120(39-32-108-94(103)104)47-73(132)111-62(91(148)149)40-49(2)3/h24-27,46,48-51,55-68,74-75,127H,7-23,28-45,47,95H2,1-6H3,(H2,96,128)(H2,97,129)(H2,98,130)(H,105,109)(H,110,131)(H,111,132)(H,112,134)(H,113,136)(H,114,137)(H,115,133)(H,116,140)(H,117,138)(H,118,139)(H,119,135)(H,148,149)(H4,99,100,106)(H4,101,102,107)(H4,103,104,108)/t51-,55-,56-,57-,58-,59-,60-,61-,62-,63-,64-,65-,66-,67-,68-,74-,75-/m0/s1. The van der Waals surface area contributed by atoms with Crippen molar-refractivity contribution in [2.75, 3.05) is 78.5 Å². The van der Waals surface area contributed by atoms with Crippen molar-refractivity contribution in [3.05, 3.63) is 48.0 Å². The van der Waals surface area contributed by atoms with Gasteiger partial charge in [0.15, 0.2) is 17.9 Å². The largest absolute Gasteiger partial charge is 0.508 e. The van der Waals surface area contributed by atoms with Crippen LogP contribution in [0, 0.1) is 34.0 Å². The summed E-state index contributed by atoms with van der Waals surface area (Å²) >= 11 is 0. The second kappa shape index (κ2) is 57.3. The molecule has 55 nitrogen and oxygen atoms in total. The summed E-state index contributed by atoms with van der Waals surface area (Å²) in [5.74, 6) is -21.6. The monoisotopic (exact) mass is 2090 g/mol. The molecule has 6 saturated heterocycles. The number of carbonyl (C=O) groups is 21. The number of phenols is 1. The Kier molecular flexibility index (Phi) is 45.8. The van der Waals surface area contributed by atoms with Crippen LogP contribution in [0.3, 0.4) is 0 Å². The van der Waals surface area contributed by atoms with Crippen molar-refractivity contribution in [1.29, 1.82) is 16.2 Å². The maximum atomic E-state index is 15.4. The molecule has 6 aliphatic rings. The molecule has 2 aromatic rings. The quantitative estimate of drug-likeness (QED) is 0.0166. The summed E-state index contributed by atoms with van der Waals surface area (Å²) in [7, 11) is 0. The lowest BCUT2D eigenvalue weighted by Crippen LogP contribution is -2.62. The first-order chi connectivity index (χ1) is 70.6. The highest BCUT2D eigenvalue weighted by atomic mass is 16.4. The molecule has 0 spiro atoms. The number of nitrogens with zero attached hydrogens (tertiary/aromatic N) is 8. The Morgan fingerprint density at radius 3 is 1.32 bits per heavy atom. The number of phenolic OH excluding ortho intramolecular Hbond substituents is 1. The first-order valence-electron chi connectivity index (χ1n) is 50.5. The summed E-state index contributed by atoms with van der Waals surface area (Å²) in [4.78, 5) is 314. The molecule has 1 aromatic heterocycles. The maximum absolute atomic E-state index is 15.4. The Morgan fingerprint density at radius 2 is 0.852 bits per heavy atom. The van der Waals surface area contributed by atoms with Crippen molar-refractivity contribution in [3.8, 4) is 5.75 Å². The second-order valence-electron chi connectivity index (χ2n) is 39.1. The number of imidazole rings is 1. The second-order valence-corrected chi connectivity index (χ2v) is 39.1. The van der Waals surface area contributed by atoms with E-state index in [-0.39, 0.29) is 186 Å². The number of guanidine groups is 3. The number of aromatic hydroxyl groups is 1. The lowest BCUT2D eigenvalue weighted by atomic mass is 9.96. The van der Waals surface area contributed by atoms with Gasteiger partial charge in [0, 0.05) is 96.6 Å². The van der Waals surface area contributed by atoms with Crippen molar-refractivity contribution in [3.63, 3.8) is 0 Å². The summed E-state index contributed by atoms with van der Waals surface area (Å²) < 4.78 is 0. The predicted octanol–water partition coefficient (Wildman–Crippen LogP) is -8.66. The highest BCUT2D eigenvalue weighted by Crippen LogP contribution is 2.31. The van der Waals surface area contributed by atoms with E-state index in [0.717, 1.165) is 9.80 Å². The molecule has 33 N–H and O–H groups in total. The number of aromatic nitrogens is 2. The summed E-state index contributed by atoms with van der Waals surface area (Å²) in [5, 5.41) is 77.3. The number of H-pyrrole nitrogens is 1. The number of nitrogens with one attached hydrogen (secondary N) is 17. The predicted molar refractivity (Wildman–Crippen MR) is 533 cm³/mol. The molecule has 0 bridgehead atoms. The number of primary amides is 3. The molecule has 0 unspecified atom stereocenters. The van der Waals surface area contributed by atoms with Crippen LogP contribution < -0.4 is 109 Å². The first-order valence-corrected chi connectivity index (χ1v) is 50.5. The Labute approximate surface area is 861 Å². The number of carboxylic acid groups (broad SMARTS) is 1. The van der Waals surface area contributed by atoms with Crippen LogP contribution in [0.15, 0.2) is 36.8 Å². The van der Waals surface area contributed by atoms with Gasteiger partial charge in [-0.2, -0.15) is 0 Å². The van der Waals surface area contributed by atoms with Gasteiger partial charge in [-0.1, -0.05) is 60.1 Å². The van der Waals surface area contributed by atoms with Gasteiger partial charge in [0.25, 0.3) is 0 Å². The van der Waals surface area contributed by atoms with Crippen LogP contribution in [-0.4, -0.2) is 372 Å². The molecular formula is C94H148N32O23. The molecule has 6 aliphatic heterocycles. The van der Waals surface area contributed by atoms with Gasteiger partial charge in [-0.3, -0.25) is 112 Å². The van der Waals surface area contributed by atoms with E-state index in [1.54, 1.807) is 41.5 Å². The number of hydrogen-bond acceptors (Lipinski definition) is 27. The molecule has 6 fully saturated rings. The SMILES string of the molecule is CC[C@H](C)[C@H](NC(=O)[C@H](Cc1ccc(O)cc1)NC(=O)[C@@H](NC(=O)[C@@H]1CCCN1C(=O)[C@H](CCCNC(=N)N)NC(=O)[C@H](CC(N)=O)NC(=O)[C@H](CC(N)=O)NC(=O)CN)C(C)C)C(=O)N1CCC[C@H]1C(=O)N[C@@H](CCC(N)=O)C(=O)N1CCC[C@H]1C(=O)N[C@@H](CCCNC(=N)N)C(=O)N1CCC[C@H]1C(=O)N1CCC[C@H]1C(=O)N[C@@H](Cc1cnc[nH]1)C(=O)N1CCC[C@H]1C(=O)N(CCNC(=N)N)CC(=O)N[C@@H](CC(C)C)C(=O)O. The molecule has 8 rings (SSSR count). The molecule has 0 saturated carbocycles. The first kappa shape index (κ1) is 119. The van der Waals surface area contributed by atoms with E-state index in [1.165, 1.54) is 61.3 Å². The third-order valence-corrected chi connectivity index (χ3v) is 27.1. The molecule has 17 atom stereocenters. The minimum absolute atomic E-state index is 0.00709. The van der Waals surface area contributed by atoms with Crippen molar-refractivity contribution >= 4 is 142 Å². The van der Waals surface area contributed by atoms with Gasteiger partial charge in [0.1, 0.15) is 102 Å². The minimum Gasteiger partial charge on any atom is -0.508 e. The normalized spacial score (nSPS) is 19.6. The van der Waals surface area contributed by atoms with E-state index in [9.17, 15) is 72.5 Å². The molecule has 0 radical (unpaired) electrons. The highest BCUT2D eigenvalue weighted by Gasteiger charge is 2.50. The molecular weight excluding hydrogens is 1950 g/mol. The van der Waals surface area contributed by atoms with E-state index in [2.05, 4.69) is 79.1 Å². The van der Waals surface area contributed by atoms with Gasteiger partial charge in [-0.25, -0.2) is 9.78 Å². The van der Waals surface area contributed by atoms with Crippen LogP contribution in [0.25, 0.3) is 0 Å². The van der Waals surface area contributed by atoms with E-state index in [1.807, 2.05) is 0 Å². The van der Waals surface area contributed by atoms with E-state index in [0.29, 0.717) is 30.5 Å². The van der Waals surface area contributed by atoms with Crippen molar-refractivity contribution in [2.45, 2.75) is 292 Å². The number of likely N-dealkylation sites (tertiary alicyclic amines) is 6. The molecule has 55 heteroatoms. The molecule has 0 aliphatic carbocycles. The zero-order chi connectivity index (χ0) is 110. The topological polar surface area (TPSA) is 860 Å². The van der Waals surface area contributed by atoms with Crippen molar-refractivity contribution < 1.29 is 111 Å². The average molecular weight is 2090 g/mol. The number of aliphatic carboxylic acids is 1. The lowest BCUT2D eigenvalue weighted by molar-refractivity contribution is -0.149. The zero-order valence-electron chi connectivity index (χ0n) is 85.0. The fraction of sp³-hybridized carbons (Fsp3) is 0.649. The summed E-state index contributed by atoms with van der Waals surface area (Å²) in [6.45, 7) is 8.50. The fourth-order valence-electron chi connectivity index (χ4n) is 19.3. The molecule has 7 heterocycles. The smallest absolute Gasteiger partial charge is 0.326 e. The van der Waals surface area contributed by atoms with E-state index < -0.39 is 289 Å². The average Bonchev–Trinajstić information content (AvgIpc) is 1.61. The number of benzene rings is 1.